The summed E-state index contributed by atoms with van der Waals surface area (Å²) in [5, 5.41) is 12.2. The molecule has 1 spiro atoms. The maximum atomic E-state index is 13.5. The second-order valence-electron chi connectivity index (χ2n) is 14.4. The fourth-order valence-corrected chi connectivity index (χ4v) is 9.85. The molecule has 10 heteroatoms. The van der Waals surface area contributed by atoms with Gasteiger partial charge in [-0.2, -0.15) is 0 Å². The molecule has 1 fully saturated rings. The van der Waals surface area contributed by atoms with Crippen LogP contribution in [-0.4, -0.2) is 63.2 Å². The molecule has 4 aliphatic rings. The number of nitrogens with one attached hydrogen (secondary N) is 1. The average molecular weight is 673 g/mol. The molecule has 0 aromatic heterocycles. The molecule has 6 atom stereocenters. The third-order valence-corrected chi connectivity index (χ3v) is 13.5. The van der Waals surface area contributed by atoms with Crippen LogP contribution in [0.25, 0.3) is 0 Å². The van der Waals surface area contributed by atoms with Gasteiger partial charge in [0.25, 0.3) is 5.91 Å². The second-order valence-corrected chi connectivity index (χ2v) is 16.9. The highest BCUT2D eigenvalue weighted by atomic mass is 35.5. The molecule has 2 aliphatic carbocycles. The first-order chi connectivity index (χ1) is 21.9. The van der Waals surface area contributed by atoms with Crippen molar-refractivity contribution in [3.05, 3.63) is 58.1 Å². The van der Waals surface area contributed by atoms with E-state index in [0.29, 0.717) is 51.3 Å². The summed E-state index contributed by atoms with van der Waals surface area (Å²) < 4.78 is 41.7. The van der Waals surface area contributed by atoms with E-state index in [2.05, 4.69) is 28.7 Å². The number of hydrogen-bond acceptors (Lipinski definition) is 7. The minimum atomic E-state index is -3.93. The van der Waals surface area contributed by atoms with Gasteiger partial charge in [-0.3, -0.25) is 4.79 Å². The first kappa shape index (κ1) is 33.6. The molecular formula is C36H49ClN2O6S. The van der Waals surface area contributed by atoms with Crippen LogP contribution in [0.5, 0.6) is 5.75 Å². The fourth-order valence-electron chi connectivity index (χ4n) is 8.34. The number of nitrogens with zero attached hydrogens (tertiary/aromatic N) is 1. The monoisotopic (exact) mass is 672 g/mol. The normalized spacial score (nSPS) is 32.7. The van der Waals surface area contributed by atoms with Crippen LogP contribution < -0.4 is 14.4 Å². The standard InChI is InChI=1S/C36H49ClN2O6S/c1-4-17-44-23-36(41)16-5-7-24(2)25(3)46(42,43)38-34(40)27-10-14-33-32(19-27)39(20-28-9-12-31(28)36)21-35(22-45-33)15-6-8-26-18-29(37)11-13-30(26)35/h10-11,13-14,18-19,24-25,28,31,41H,4-9,12,15-17,20-23H2,1-3H3,(H,38,40)/t24-,25+,28-,31+,35-,36-/m0/s1. The van der Waals surface area contributed by atoms with Crippen molar-refractivity contribution >= 4 is 33.2 Å². The summed E-state index contributed by atoms with van der Waals surface area (Å²) in [5.74, 6) is 0.138. The lowest BCUT2D eigenvalue weighted by molar-refractivity contribution is -0.132. The highest BCUT2D eigenvalue weighted by Gasteiger charge is 2.49. The Bertz CT molecular complexity index is 1550. The molecular weight excluding hydrogens is 624 g/mol. The Labute approximate surface area is 279 Å². The van der Waals surface area contributed by atoms with Gasteiger partial charge in [0.1, 0.15) is 5.75 Å². The van der Waals surface area contributed by atoms with Crippen molar-refractivity contribution in [2.75, 3.05) is 37.8 Å². The zero-order valence-corrected chi connectivity index (χ0v) is 29.0. The van der Waals surface area contributed by atoms with E-state index in [1.165, 1.54) is 11.1 Å². The molecule has 0 radical (unpaired) electrons. The van der Waals surface area contributed by atoms with Gasteiger partial charge < -0.3 is 19.5 Å². The number of benzene rings is 2. The number of sulfonamides is 1. The first-order valence-electron chi connectivity index (χ1n) is 17.1. The van der Waals surface area contributed by atoms with E-state index in [9.17, 15) is 18.3 Å². The molecule has 2 aromatic rings. The van der Waals surface area contributed by atoms with E-state index in [4.69, 9.17) is 21.1 Å². The number of hydrogen-bond donors (Lipinski definition) is 2. The molecule has 1 amide bonds. The van der Waals surface area contributed by atoms with Gasteiger partial charge in [-0.05, 0) is 118 Å². The van der Waals surface area contributed by atoms with Gasteiger partial charge in [-0.1, -0.05) is 37.9 Å². The van der Waals surface area contributed by atoms with E-state index in [1.807, 2.05) is 13.0 Å². The molecule has 6 rings (SSSR count). The number of ether oxygens (including phenoxy) is 2. The van der Waals surface area contributed by atoms with E-state index < -0.39 is 26.8 Å². The zero-order valence-electron chi connectivity index (χ0n) is 27.4. The van der Waals surface area contributed by atoms with Gasteiger partial charge in [-0.15, -0.1) is 0 Å². The summed E-state index contributed by atoms with van der Waals surface area (Å²) in [5.41, 5.74) is 2.29. The van der Waals surface area contributed by atoms with Crippen LogP contribution >= 0.6 is 11.6 Å². The predicted molar refractivity (Wildman–Crippen MR) is 181 cm³/mol. The van der Waals surface area contributed by atoms with E-state index in [1.54, 1.807) is 25.1 Å². The lowest BCUT2D eigenvalue weighted by Crippen LogP contribution is -2.54. The number of halogens is 1. The van der Waals surface area contributed by atoms with Crippen molar-refractivity contribution in [1.29, 1.82) is 0 Å². The van der Waals surface area contributed by atoms with Crippen LogP contribution in [0.4, 0.5) is 5.69 Å². The van der Waals surface area contributed by atoms with E-state index >= 15 is 0 Å². The van der Waals surface area contributed by atoms with Gasteiger partial charge in [0.05, 0.1) is 29.8 Å². The highest BCUT2D eigenvalue weighted by Crippen LogP contribution is 2.49. The predicted octanol–water partition coefficient (Wildman–Crippen LogP) is 6.27. The number of rotatable bonds is 4. The van der Waals surface area contributed by atoms with E-state index in [-0.39, 0.29) is 35.3 Å². The summed E-state index contributed by atoms with van der Waals surface area (Å²) >= 11 is 6.43. The Morgan fingerprint density at radius 1 is 1.11 bits per heavy atom. The zero-order chi connectivity index (χ0) is 32.7. The molecule has 0 unspecified atom stereocenters. The minimum Gasteiger partial charge on any atom is -0.490 e. The number of carbonyl (C=O) groups is 1. The molecule has 2 N–H and O–H groups in total. The Morgan fingerprint density at radius 3 is 2.70 bits per heavy atom. The summed E-state index contributed by atoms with van der Waals surface area (Å²) in [6, 6.07) is 11.4. The van der Waals surface area contributed by atoms with Crippen molar-refractivity contribution < 1.29 is 27.8 Å². The van der Waals surface area contributed by atoms with Crippen molar-refractivity contribution in [2.24, 2.45) is 17.8 Å². The lowest BCUT2D eigenvalue weighted by atomic mass is 9.63. The van der Waals surface area contributed by atoms with Crippen LogP contribution in [0.3, 0.4) is 0 Å². The number of anilines is 1. The second kappa shape index (κ2) is 13.3. The third-order valence-electron chi connectivity index (χ3n) is 11.4. The molecule has 252 valence electrons. The number of amides is 1. The Kier molecular flexibility index (Phi) is 9.70. The summed E-state index contributed by atoms with van der Waals surface area (Å²) in [6.45, 7) is 8.36. The highest BCUT2D eigenvalue weighted by molar-refractivity contribution is 7.90. The number of aryl methyl sites for hydroxylation is 1. The molecule has 2 aliphatic heterocycles. The summed E-state index contributed by atoms with van der Waals surface area (Å²) in [7, 11) is -3.93. The van der Waals surface area contributed by atoms with Gasteiger partial charge >= 0.3 is 0 Å². The SMILES string of the molecule is CCCOC[C@@]1(O)CCC[C@H](C)[C@@H](C)S(=O)(=O)NC(=O)c2ccc3c(c2)N(C[C@@H]2CC[C@H]21)C[C@@]1(CCCc2cc(Cl)ccc21)CO3. The maximum absolute atomic E-state index is 13.5. The Balaban J connectivity index is 1.42. The van der Waals surface area contributed by atoms with Gasteiger partial charge in [-0.25, -0.2) is 13.1 Å². The first-order valence-corrected chi connectivity index (χ1v) is 19.0. The van der Waals surface area contributed by atoms with Crippen molar-refractivity contribution in [3.8, 4) is 5.75 Å². The molecule has 2 bridgehead atoms. The molecule has 1 saturated carbocycles. The molecule has 2 aromatic carbocycles. The topological polar surface area (TPSA) is 105 Å². The van der Waals surface area contributed by atoms with Crippen LogP contribution in [0.1, 0.15) is 93.6 Å². The van der Waals surface area contributed by atoms with Crippen LogP contribution in [0, 0.1) is 17.8 Å². The summed E-state index contributed by atoms with van der Waals surface area (Å²) in [4.78, 5) is 15.8. The Hall–Kier alpha value is -2.33. The number of carbonyl (C=O) groups excluding carboxylic acids is 1. The van der Waals surface area contributed by atoms with Crippen molar-refractivity contribution in [3.63, 3.8) is 0 Å². The fraction of sp³-hybridized carbons (Fsp3) is 0.639. The van der Waals surface area contributed by atoms with E-state index in [0.717, 1.165) is 49.2 Å². The Morgan fingerprint density at radius 2 is 1.93 bits per heavy atom. The molecule has 46 heavy (non-hydrogen) atoms. The number of fused-ring (bicyclic) bond motifs is 4. The van der Waals surface area contributed by atoms with Crippen LogP contribution in [-0.2, 0) is 26.6 Å². The van der Waals surface area contributed by atoms with Crippen LogP contribution in [0.2, 0.25) is 5.02 Å². The smallest absolute Gasteiger partial charge is 0.264 e. The number of aliphatic hydroxyl groups is 1. The molecule has 2 heterocycles. The largest absolute Gasteiger partial charge is 0.490 e. The summed E-state index contributed by atoms with van der Waals surface area (Å²) in [6.07, 6.45) is 7.58. The van der Waals surface area contributed by atoms with Crippen molar-refractivity contribution in [2.45, 2.75) is 94.8 Å². The van der Waals surface area contributed by atoms with Crippen molar-refractivity contribution in [1.82, 2.24) is 4.72 Å². The molecule has 8 nitrogen and oxygen atoms in total. The minimum absolute atomic E-state index is 0.0567. The quantitative estimate of drug-likeness (QED) is 0.369. The molecule has 0 saturated heterocycles. The van der Waals surface area contributed by atoms with Gasteiger partial charge in [0.2, 0.25) is 10.0 Å². The third kappa shape index (κ3) is 6.54. The average Bonchev–Trinajstić information content (AvgIpc) is 3.15. The van der Waals surface area contributed by atoms with Crippen LogP contribution in [0.15, 0.2) is 36.4 Å². The lowest BCUT2D eigenvalue weighted by Gasteiger charge is -2.50. The van der Waals surface area contributed by atoms with Gasteiger partial charge in [0, 0.05) is 35.7 Å². The van der Waals surface area contributed by atoms with Gasteiger partial charge in [0.15, 0.2) is 0 Å². The maximum Gasteiger partial charge on any atom is 0.264 e.